The number of pyridine rings is 1. The molecular formula is C25H21FN4O4. The van der Waals surface area contributed by atoms with Crippen molar-refractivity contribution < 1.29 is 23.5 Å². The molecule has 0 saturated heterocycles. The zero-order valence-electron chi connectivity index (χ0n) is 18.3. The van der Waals surface area contributed by atoms with Crippen molar-refractivity contribution in [2.45, 2.75) is 12.8 Å². The van der Waals surface area contributed by atoms with Gasteiger partial charge in [0.15, 0.2) is 11.4 Å². The smallest absolute Gasteiger partial charge is 0.247 e. The van der Waals surface area contributed by atoms with E-state index >= 15 is 0 Å². The average molecular weight is 460 g/mol. The minimum atomic E-state index is -1.29. The standard InChI is InChI=1S/C25H21FN4O4/c1-33-21-15-18(34-20-3-2-13-29-14-12-28-22(20)29)8-9-19(21)30(17-6-4-16(26)5-7-17)24(32)25(10-11-25)23(27)31/h2-9,12-15H,10-11H2,1H3,(H2,27,31). The third-order valence-electron chi connectivity index (χ3n) is 5.92. The predicted molar refractivity (Wildman–Crippen MR) is 123 cm³/mol. The Bertz CT molecular complexity index is 1400. The van der Waals surface area contributed by atoms with Crippen molar-refractivity contribution in [2.24, 2.45) is 11.1 Å². The molecule has 0 atom stereocenters. The number of nitrogens with two attached hydrogens (primary N) is 1. The number of hydrogen-bond acceptors (Lipinski definition) is 5. The first kappa shape index (κ1) is 21.4. The molecule has 1 saturated carbocycles. The van der Waals surface area contributed by atoms with Gasteiger partial charge in [-0.3, -0.25) is 14.5 Å². The number of amides is 2. The fourth-order valence-electron chi connectivity index (χ4n) is 3.90. The quantitative estimate of drug-likeness (QED) is 0.417. The molecule has 0 aliphatic heterocycles. The van der Waals surface area contributed by atoms with Crippen molar-refractivity contribution >= 4 is 28.8 Å². The summed E-state index contributed by atoms with van der Waals surface area (Å²) in [6, 6.07) is 14.0. The topological polar surface area (TPSA) is 99.2 Å². The van der Waals surface area contributed by atoms with Crippen molar-refractivity contribution in [3.8, 4) is 17.2 Å². The van der Waals surface area contributed by atoms with E-state index in [1.165, 1.54) is 36.3 Å². The lowest BCUT2D eigenvalue weighted by molar-refractivity contribution is -0.133. The van der Waals surface area contributed by atoms with Crippen LogP contribution in [-0.2, 0) is 9.59 Å². The van der Waals surface area contributed by atoms with Crippen molar-refractivity contribution in [1.29, 1.82) is 0 Å². The fourth-order valence-corrected chi connectivity index (χ4v) is 3.90. The van der Waals surface area contributed by atoms with Gasteiger partial charge in [-0.1, -0.05) is 0 Å². The van der Waals surface area contributed by atoms with Gasteiger partial charge < -0.3 is 19.6 Å². The molecule has 4 aromatic rings. The summed E-state index contributed by atoms with van der Waals surface area (Å²) >= 11 is 0. The number of aromatic nitrogens is 2. The van der Waals surface area contributed by atoms with E-state index in [1.807, 2.05) is 22.9 Å². The van der Waals surface area contributed by atoms with E-state index in [4.69, 9.17) is 15.2 Å². The normalized spacial score (nSPS) is 13.9. The number of carbonyl (C=O) groups excluding carboxylic acids is 2. The van der Waals surface area contributed by atoms with Crippen LogP contribution in [0.3, 0.4) is 0 Å². The number of benzene rings is 2. The highest BCUT2D eigenvalue weighted by molar-refractivity contribution is 6.17. The van der Waals surface area contributed by atoms with Gasteiger partial charge in [0, 0.05) is 30.3 Å². The molecule has 2 aromatic heterocycles. The van der Waals surface area contributed by atoms with Crippen LogP contribution in [0.2, 0.25) is 0 Å². The monoisotopic (exact) mass is 460 g/mol. The first-order chi connectivity index (χ1) is 16.4. The molecule has 8 nitrogen and oxygen atoms in total. The summed E-state index contributed by atoms with van der Waals surface area (Å²) in [7, 11) is 1.46. The van der Waals surface area contributed by atoms with Crippen LogP contribution in [0.4, 0.5) is 15.8 Å². The van der Waals surface area contributed by atoms with E-state index in [2.05, 4.69) is 4.98 Å². The number of carbonyl (C=O) groups is 2. The highest BCUT2D eigenvalue weighted by atomic mass is 19.1. The SMILES string of the molecule is COc1cc(Oc2cccn3ccnc23)ccc1N(C(=O)C1(C(N)=O)CC1)c1ccc(F)cc1. The van der Waals surface area contributed by atoms with Gasteiger partial charge in [0.1, 0.15) is 22.7 Å². The molecule has 2 N–H and O–H groups in total. The Morgan fingerprint density at radius 3 is 2.53 bits per heavy atom. The summed E-state index contributed by atoms with van der Waals surface area (Å²) in [4.78, 5) is 31.3. The van der Waals surface area contributed by atoms with Crippen molar-refractivity contribution in [3.05, 3.63) is 79.0 Å². The highest BCUT2D eigenvalue weighted by Gasteiger charge is 2.57. The van der Waals surface area contributed by atoms with Crippen molar-refractivity contribution in [2.75, 3.05) is 12.0 Å². The molecule has 9 heteroatoms. The summed E-state index contributed by atoms with van der Waals surface area (Å²) < 4.78 is 27.0. The zero-order chi connectivity index (χ0) is 23.9. The second kappa shape index (κ2) is 8.18. The molecule has 0 spiro atoms. The van der Waals surface area contributed by atoms with Crippen LogP contribution in [0.1, 0.15) is 12.8 Å². The molecule has 0 unspecified atom stereocenters. The predicted octanol–water partition coefficient (Wildman–Crippen LogP) is 4.20. The van der Waals surface area contributed by atoms with Gasteiger partial charge in [0.05, 0.1) is 12.8 Å². The number of methoxy groups -OCH3 is 1. The van der Waals surface area contributed by atoms with Crippen molar-refractivity contribution in [1.82, 2.24) is 9.38 Å². The number of imidazole rings is 1. The first-order valence-electron chi connectivity index (χ1n) is 10.6. The molecule has 2 amide bonds. The maximum absolute atomic E-state index is 13.6. The molecule has 1 fully saturated rings. The van der Waals surface area contributed by atoms with Crippen LogP contribution in [-0.4, -0.2) is 28.3 Å². The van der Waals surface area contributed by atoms with E-state index in [9.17, 15) is 14.0 Å². The Labute approximate surface area is 194 Å². The van der Waals surface area contributed by atoms with Gasteiger partial charge >= 0.3 is 0 Å². The number of fused-ring (bicyclic) bond motifs is 1. The summed E-state index contributed by atoms with van der Waals surface area (Å²) in [5, 5.41) is 0. The Morgan fingerprint density at radius 1 is 1.09 bits per heavy atom. The molecule has 1 aliphatic carbocycles. The average Bonchev–Trinajstić information content (AvgIpc) is 3.52. The third kappa shape index (κ3) is 3.61. The molecule has 1 aliphatic rings. The van der Waals surface area contributed by atoms with Gasteiger partial charge in [0.25, 0.3) is 0 Å². The molecule has 0 radical (unpaired) electrons. The van der Waals surface area contributed by atoms with Crippen LogP contribution in [0.25, 0.3) is 5.65 Å². The second-order valence-corrected chi connectivity index (χ2v) is 8.03. The molecular weight excluding hydrogens is 439 g/mol. The molecule has 172 valence electrons. The number of anilines is 2. The Balaban J connectivity index is 1.56. The van der Waals surface area contributed by atoms with Crippen LogP contribution in [0, 0.1) is 11.2 Å². The molecule has 0 bridgehead atoms. The number of nitrogens with zero attached hydrogens (tertiary/aromatic N) is 3. The van der Waals surface area contributed by atoms with Crippen LogP contribution < -0.4 is 20.1 Å². The Morgan fingerprint density at radius 2 is 1.85 bits per heavy atom. The fraction of sp³-hybridized carbons (Fsp3) is 0.160. The molecule has 34 heavy (non-hydrogen) atoms. The van der Waals surface area contributed by atoms with Crippen LogP contribution in [0.5, 0.6) is 17.2 Å². The minimum Gasteiger partial charge on any atom is -0.494 e. The van der Waals surface area contributed by atoms with Crippen molar-refractivity contribution in [3.63, 3.8) is 0 Å². The lowest BCUT2D eigenvalue weighted by Gasteiger charge is -2.28. The van der Waals surface area contributed by atoms with Gasteiger partial charge in [0.2, 0.25) is 11.8 Å². The summed E-state index contributed by atoms with van der Waals surface area (Å²) in [6.07, 6.45) is 6.06. The van der Waals surface area contributed by atoms with Gasteiger partial charge in [-0.05, 0) is 61.4 Å². The Kier molecular flexibility index (Phi) is 5.16. The van der Waals surface area contributed by atoms with E-state index in [1.54, 1.807) is 30.5 Å². The van der Waals surface area contributed by atoms with Gasteiger partial charge in [-0.15, -0.1) is 0 Å². The van der Waals surface area contributed by atoms with Crippen LogP contribution in [0.15, 0.2) is 73.2 Å². The number of hydrogen-bond donors (Lipinski definition) is 1. The third-order valence-corrected chi connectivity index (χ3v) is 5.92. The molecule has 5 rings (SSSR count). The maximum Gasteiger partial charge on any atom is 0.247 e. The maximum atomic E-state index is 13.6. The summed E-state index contributed by atoms with van der Waals surface area (Å²) in [6.45, 7) is 0. The largest absolute Gasteiger partial charge is 0.494 e. The molecule has 2 aromatic carbocycles. The highest BCUT2D eigenvalue weighted by Crippen LogP contribution is 2.50. The van der Waals surface area contributed by atoms with E-state index in [-0.39, 0.29) is 0 Å². The van der Waals surface area contributed by atoms with Gasteiger partial charge in [-0.2, -0.15) is 0 Å². The lowest BCUT2D eigenvalue weighted by atomic mass is 10.0. The number of ether oxygens (including phenoxy) is 2. The minimum absolute atomic E-state index is 0.325. The lowest BCUT2D eigenvalue weighted by Crippen LogP contribution is -2.41. The van der Waals surface area contributed by atoms with Gasteiger partial charge in [-0.25, -0.2) is 9.37 Å². The summed E-state index contributed by atoms with van der Waals surface area (Å²) in [5.74, 6) is -0.294. The second-order valence-electron chi connectivity index (χ2n) is 8.03. The summed E-state index contributed by atoms with van der Waals surface area (Å²) in [5.41, 5.74) is 5.68. The molecule has 2 heterocycles. The number of primary amides is 1. The Hall–Kier alpha value is -4.40. The zero-order valence-corrected chi connectivity index (χ0v) is 18.3. The number of halogens is 1. The van der Waals surface area contributed by atoms with E-state index < -0.39 is 23.0 Å². The number of rotatable bonds is 7. The van der Waals surface area contributed by atoms with Crippen LogP contribution >= 0.6 is 0 Å². The van der Waals surface area contributed by atoms with E-state index in [0.717, 1.165) is 0 Å². The van der Waals surface area contributed by atoms with E-state index in [0.29, 0.717) is 47.1 Å². The first-order valence-corrected chi connectivity index (χ1v) is 10.6.